The maximum Gasteiger partial charge on any atom is 0.0629 e. The zero-order chi connectivity index (χ0) is 8.32. The molecule has 0 aromatic heterocycles. The first kappa shape index (κ1) is 8.47. The lowest BCUT2D eigenvalue weighted by molar-refractivity contribution is 0.0269. The van der Waals surface area contributed by atoms with Crippen LogP contribution in [0.5, 0.6) is 0 Å². The van der Waals surface area contributed by atoms with Crippen molar-refractivity contribution in [2.24, 2.45) is 11.3 Å². The fraction of sp³-hybridized carbons (Fsp3) is 0.857. The first-order valence-electron chi connectivity index (χ1n) is 3.71. The molecule has 62 valence electrons. The first-order chi connectivity index (χ1) is 5.22. The molecule has 0 unspecified atom stereocenters. The normalized spacial score (nSPS) is 22.3. The third kappa shape index (κ3) is 1.69. The minimum atomic E-state index is 0.123. The molecule has 1 aliphatic heterocycles. The Morgan fingerprint density at radius 3 is 2.73 bits per heavy atom. The molecule has 4 heteroatoms. The van der Waals surface area contributed by atoms with E-state index in [4.69, 9.17) is 11.1 Å². The van der Waals surface area contributed by atoms with E-state index in [-0.39, 0.29) is 5.41 Å². The second kappa shape index (κ2) is 3.18. The summed E-state index contributed by atoms with van der Waals surface area (Å²) >= 11 is 0. The van der Waals surface area contributed by atoms with Crippen molar-refractivity contribution in [3.63, 3.8) is 0 Å². The molecule has 0 aromatic rings. The van der Waals surface area contributed by atoms with Gasteiger partial charge in [0.05, 0.1) is 6.07 Å². The predicted octanol–water partition coefficient (Wildman–Crippen LogP) is -0.705. The van der Waals surface area contributed by atoms with Crippen molar-refractivity contribution < 1.29 is 0 Å². The number of nitrogens with two attached hydrogens (primary N) is 1. The van der Waals surface area contributed by atoms with E-state index in [0.717, 1.165) is 19.6 Å². The third-order valence-electron chi connectivity index (χ3n) is 2.14. The van der Waals surface area contributed by atoms with E-state index >= 15 is 0 Å². The van der Waals surface area contributed by atoms with Gasteiger partial charge in [-0.15, -0.1) is 0 Å². The standard InChI is InChI=1S/C7H14N4/c1-11-5-7(6-11,2-3-8)4-10-9/h10H,2,4-6,9H2,1H3. The minimum absolute atomic E-state index is 0.123. The summed E-state index contributed by atoms with van der Waals surface area (Å²) in [5, 5.41) is 8.54. The highest BCUT2D eigenvalue weighted by Crippen LogP contribution is 2.31. The van der Waals surface area contributed by atoms with Gasteiger partial charge in [0, 0.05) is 31.5 Å². The molecule has 4 nitrogen and oxygen atoms in total. The molecule has 1 aliphatic rings. The SMILES string of the molecule is CN1CC(CC#N)(CNN)C1. The largest absolute Gasteiger partial charge is 0.305 e. The second-order valence-electron chi connectivity index (χ2n) is 3.39. The van der Waals surface area contributed by atoms with Crippen LogP contribution in [0.25, 0.3) is 0 Å². The van der Waals surface area contributed by atoms with Gasteiger partial charge in [0.25, 0.3) is 0 Å². The molecule has 1 saturated heterocycles. The molecule has 11 heavy (non-hydrogen) atoms. The fourth-order valence-electron chi connectivity index (χ4n) is 1.77. The first-order valence-corrected chi connectivity index (χ1v) is 3.71. The van der Waals surface area contributed by atoms with Crippen molar-refractivity contribution in [1.82, 2.24) is 10.3 Å². The van der Waals surface area contributed by atoms with Crippen LogP contribution in [0.15, 0.2) is 0 Å². The average molecular weight is 154 g/mol. The Hall–Kier alpha value is -0.630. The summed E-state index contributed by atoms with van der Waals surface area (Å²) in [4.78, 5) is 2.19. The topological polar surface area (TPSA) is 65.1 Å². The maximum absolute atomic E-state index is 8.54. The van der Waals surface area contributed by atoms with E-state index in [1.165, 1.54) is 0 Å². The zero-order valence-corrected chi connectivity index (χ0v) is 6.80. The Morgan fingerprint density at radius 2 is 2.36 bits per heavy atom. The molecular formula is C7H14N4. The molecule has 0 aliphatic carbocycles. The highest BCUT2D eigenvalue weighted by Gasteiger charge is 2.40. The fourth-order valence-corrected chi connectivity index (χ4v) is 1.77. The van der Waals surface area contributed by atoms with Gasteiger partial charge in [0.1, 0.15) is 0 Å². The molecule has 0 aromatic carbocycles. The van der Waals surface area contributed by atoms with Gasteiger partial charge in [0.2, 0.25) is 0 Å². The summed E-state index contributed by atoms with van der Waals surface area (Å²) in [6.45, 7) is 2.69. The highest BCUT2D eigenvalue weighted by molar-refractivity contribution is 4.99. The lowest BCUT2D eigenvalue weighted by Crippen LogP contribution is -2.59. The van der Waals surface area contributed by atoms with Crippen LogP contribution in [-0.4, -0.2) is 31.6 Å². The molecule has 0 radical (unpaired) electrons. The van der Waals surface area contributed by atoms with Crippen LogP contribution in [-0.2, 0) is 0 Å². The smallest absolute Gasteiger partial charge is 0.0629 e. The monoisotopic (exact) mass is 154 g/mol. The second-order valence-corrected chi connectivity index (χ2v) is 3.39. The van der Waals surface area contributed by atoms with Crippen LogP contribution in [0, 0.1) is 16.7 Å². The van der Waals surface area contributed by atoms with Gasteiger partial charge in [0.15, 0.2) is 0 Å². The average Bonchev–Trinajstić information content (AvgIpc) is 1.86. The van der Waals surface area contributed by atoms with Crippen LogP contribution in [0.2, 0.25) is 0 Å². The Morgan fingerprint density at radius 1 is 1.73 bits per heavy atom. The Labute approximate surface area is 66.9 Å². The maximum atomic E-state index is 8.54. The molecule has 1 fully saturated rings. The molecule has 0 bridgehead atoms. The number of nitrogens with one attached hydrogen (secondary N) is 1. The summed E-state index contributed by atoms with van der Waals surface area (Å²) in [5.74, 6) is 5.22. The quantitative estimate of drug-likeness (QED) is 0.416. The van der Waals surface area contributed by atoms with Gasteiger partial charge in [-0.05, 0) is 7.05 Å². The van der Waals surface area contributed by atoms with Gasteiger partial charge in [-0.25, -0.2) is 0 Å². The van der Waals surface area contributed by atoms with Crippen LogP contribution in [0.3, 0.4) is 0 Å². The number of hydrogen-bond acceptors (Lipinski definition) is 4. The molecule has 1 rings (SSSR count). The van der Waals surface area contributed by atoms with Crippen molar-refractivity contribution in [1.29, 1.82) is 5.26 Å². The van der Waals surface area contributed by atoms with E-state index in [2.05, 4.69) is 16.4 Å². The highest BCUT2D eigenvalue weighted by atomic mass is 15.3. The number of hydrogen-bond donors (Lipinski definition) is 2. The Balaban J connectivity index is 2.41. The molecular weight excluding hydrogens is 140 g/mol. The molecule has 0 amide bonds. The number of nitriles is 1. The Bertz CT molecular complexity index is 160. The number of rotatable bonds is 3. The van der Waals surface area contributed by atoms with Gasteiger partial charge in [-0.1, -0.05) is 0 Å². The van der Waals surface area contributed by atoms with Crippen molar-refractivity contribution in [3.05, 3.63) is 0 Å². The van der Waals surface area contributed by atoms with Gasteiger partial charge in [-0.2, -0.15) is 5.26 Å². The van der Waals surface area contributed by atoms with E-state index in [9.17, 15) is 0 Å². The lowest BCUT2D eigenvalue weighted by Gasteiger charge is -2.47. The summed E-state index contributed by atoms with van der Waals surface area (Å²) in [7, 11) is 2.05. The predicted molar refractivity (Wildman–Crippen MR) is 42.4 cm³/mol. The van der Waals surface area contributed by atoms with Gasteiger partial charge < -0.3 is 4.90 Å². The summed E-state index contributed by atoms with van der Waals surface area (Å²) in [5.41, 5.74) is 2.76. The molecule has 0 saturated carbocycles. The third-order valence-corrected chi connectivity index (χ3v) is 2.14. The molecule has 1 heterocycles. The van der Waals surface area contributed by atoms with E-state index in [0.29, 0.717) is 6.42 Å². The van der Waals surface area contributed by atoms with Crippen molar-refractivity contribution in [2.75, 3.05) is 26.7 Å². The van der Waals surface area contributed by atoms with Gasteiger partial charge >= 0.3 is 0 Å². The molecule has 0 spiro atoms. The van der Waals surface area contributed by atoms with Crippen molar-refractivity contribution in [3.8, 4) is 6.07 Å². The molecule has 3 N–H and O–H groups in total. The zero-order valence-electron chi connectivity index (χ0n) is 6.80. The van der Waals surface area contributed by atoms with E-state index < -0.39 is 0 Å². The Kier molecular flexibility index (Phi) is 2.45. The van der Waals surface area contributed by atoms with Crippen LogP contribution >= 0.6 is 0 Å². The van der Waals surface area contributed by atoms with Crippen LogP contribution < -0.4 is 11.3 Å². The van der Waals surface area contributed by atoms with Crippen molar-refractivity contribution >= 4 is 0 Å². The summed E-state index contributed by atoms with van der Waals surface area (Å²) in [6, 6.07) is 2.19. The number of nitrogens with zero attached hydrogens (tertiary/aromatic N) is 2. The lowest BCUT2D eigenvalue weighted by atomic mass is 9.78. The minimum Gasteiger partial charge on any atom is -0.305 e. The number of hydrazine groups is 1. The van der Waals surface area contributed by atoms with E-state index in [1.807, 2.05) is 7.05 Å². The van der Waals surface area contributed by atoms with Crippen LogP contribution in [0.4, 0.5) is 0 Å². The molecule has 0 atom stereocenters. The number of likely N-dealkylation sites (tertiary alicyclic amines) is 1. The van der Waals surface area contributed by atoms with Crippen molar-refractivity contribution in [2.45, 2.75) is 6.42 Å². The van der Waals surface area contributed by atoms with Crippen LogP contribution in [0.1, 0.15) is 6.42 Å². The summed E-state index contributed by atoms with van der Waals surface area (Å²) in [6.07, 6.45) is 0.599. The van der Waals surface area contributed by atoms with E-state index in [1.54, 1.807) is 0 Å². The van der Waals surface area contributed by atoms with Gasteiger partial charge in [-0.3, -0.25) is 11.3 Å². The summed E-state index contributed by atoms with van der Waals surface area (Å²) < 4.78 is 0.